The van der Waals surface area contributed by atoms with Gasteiger partial charge < -0.3 is 20.6 Å². The number of carboxylic acids is 1. The molecule has 0 radical (unpaired) electrons. The molecule has 1 saturated carbocycles. The second-order valence-electron chi connectivity index (χ2n) is 6.99. The Labute approximate surface area is 120 Å². The first-order valence-electron chi connectivity index (χ1n) is 7.01. The molecule has 0 spiro atoms. The van der Waals surface area contributed by atoms with Crippen LogP contribution in [-0.4, -0.2) is 54.7 Å². The molecule has 1 aliphatic carbocycles. The van der Waals surface area contributed by atoms with E-state index in [1.807, 2.05) is 14.1 Å². The Kier molecular flexibility index (Phi) is 5.02. The van der Waals surface area contributed by atoms with Crippen LogP contribution in [0.1, 0.15) is 33.6 Å². The van der Waals surface area contributed by atoms with E-state index in [-0.39, 0.29) is 11.3 Å². The van der Waals surface area contributed by atoms with Crippen LogP contribution < -0.4 is 10.6 Å². The maximum Gasteiger partial charge on any atom is 0.329 e. The molecule has 1 unspecified atom stereocenters. The fraction of sp³-hybridized carbons (Fsp3) is 0.857. The zero-order chi connectivity index (χ0) is 15.6. The van der Waals surface area contributed by atoms with E-state index in [2.05, 4.69) is 29.4 Å². The molecule has 1 fully saturated rings. The maximum atomic E-state index is 11.9. The maximum absolute atomic E-state index is 11.9. The van der Waals surface area contributed by atoms with E-state index in [9.17, 15) is 14.7 Å². The average Bonchev–Trinajstić information content (AvgIpc) is 3.08. The number of aliphatic carboxylic acids is 1. The minimum Gasteiger partial charge on any atom is -0.480 e. The summed E-state index contributed by atoms with van der Waals surface area (Å²) in [5.41, 5.74) is -1.23. The van der Waals surface area contributed by atoms with Gasteiger partial charge in [0.2, 0.25) is 0 Å². The van der Waals surface area contributed by atoms with Crippen molar-refractivity contribution in [3.63, 3.8) is 0 Å². The zero-order valence-corrected chi connectivity index (χ0v) is 13.1. The number of carbonyl (C=O) groups excluding carboxylic acids is 1. The van der Waals surface area contributed by atoms with E-state index >= 15 is 0 Å². The normalized spacial score (nSPS) is 18.5. The summed E-state index contributed by atoms with van der Waals surface area (Å²) in [5.74, 6) is -0.928. The Hall–Kier alpha value is -1.30. The van der Waals surface area contributed by atoms with Crippen molar-refractivity contribution in [2.75, 3.05) is 27.2 Å². The Morgan fingerprint density at radius 1 is 1.25 bits per heavy atom. The lowest BCUT2D eigenvalue weighted by molar-refractivity contribution is -0.144. The predicted molar refractivity (Wildman–Crippen MR) is 77.6 cm³/mol. The molecule has 6 nitrogen and oxygen atoms in total. The molecule has 1 atom stereocenters. The Morgan fingerprint density at radius 2 is 1.80 bits per heavy atom. The van der Waals surface area contributed by atoms with Gasteiger partial charge in [0.05, 0.1) is 0 Å². The van der Waals surface area contributed by atoms with Gasteiger partial charge in [-0.15, -0.1) is 0 Å². The molecule has 2 amide bonds. The van der Waals surface area contributed by atoms with Crippen LogP contribution in [-0.2, 0) is 4.79 Å². The van der Waals surface area contributed by atoms with Crippen LogP contribution in [0.5, 0.6) is 0 Å². The highest BCUT2D eigenvalue weighted by Gasteiger charge is 2.48. The Bertz CT molecular complexity index is 378. The van der Waals surface area contributed by atoms with Crippen molar-refractivity contribution in [3.8, 4) is 0 Å². The Morgan fingerprint density at radius 3 is 2.20 bits per heavy atom. The van der Waals surface area contributed by atoms with Gasteiger partial charge in [-0.25, -0.2) is 9.59 Å². The number of urea groups is 1. The number of carbonyl (C=O) groups is 2. The summed E-state index contributed by atoms with van der Waals surface area (Å²) in [4.78, 5) is 25.3. The standard InChI is InChI=1S/C14H27N3O3/c1-13(2,9-17(4)5)8-15-12(20)16-14(3,11(18)19)10-6-7-10/h10H,6-9H2,1-5H3,(H,18,19)(H2,15,16,20). The number of hydrogen-bond donors (Lipinski definition) is 3. The first kappa shape index (κ1) is 16.8. The topological polar surface area (TPSA) is 81.7 Å². The summed E-state index contributed by atoms with van der Waals surface area (Å²) in [5, 5.41) is 14.7. The summed E-state index contributed by atoms with van der Waals surface area (Å²) >= 11 is 0. The first-order chi connectivity index (χ1) is 9.07. The van der Waals surface area contributed by atoms with Gasteiger partial charge in [-0.3, -0.25) is 0 Å². The lowest BCUT2D eigenvalue weighted by Crippen LogP contribution is -2.57. The summed E-state index contributed by atoms with van der Waals surface area (Å²) in [6.07, 6.45) is 1.71. The molecule has 6 heteroatoms. The quantitative estimate of drug-likeness (QED) is 0.655. The molecule has 3 N–H and O–H groups in total. The third-order valence-electron chi connectivity index (χ3n) is 3.68. The molecule has 0 aromatic heterocycles. The third kappa shape index (κ3) is 4.67. The van der Waals surface area contributed by atoms with E-state index in [1.165, 1.54) is 0 Å². The fourth-order valence-corrected chi connectivity index (χ4v) is 2.50. The predicted octanol–water partition coefficient (Wildman–Crippen LogP) is 1.13. The molecule has 0 saturated heterocycles. The highest BCUT2D eigenvalue weighted by Crippen LogP contribution is 2.39. The van der Waals surface area contributed by atoms with Gasteiger partial charge in [0, 0.05) is 13.1 Å². The molecule has 20 heavy (non-hydrogen) atoms. The van der Waals surface area contributed by atoms with Crippen LogP contribution in [0.25, 0.3) is 0 Å². The minimum absolute atomic E-state index is 0.0422. The van der Waals surface area contributed by atoms with Crippen molar-refractivity contribution in [1.82, 2.24) is 15.5 Å². The van der Waals surface area contributed by atoms with Crippen LogP contribution in [0.15, 0.2) is 0 Å². The monoisotopic (exact) mass is 285 g/mol. The minimum atomic E-state index is -1.16. The molecule has 0 aliphatic heterocycles. The average molecular weight is 285 g/mol. The smallest absolute Gasteiger partial charge is 0.329 e. The second kappa shape index (κ2) is 5.99. The number of amides is 2. The van der Waals surface area contributed by atoms with E-state index < -0.39 is 17.5 Å². The van der Waals surface area contributed by atoms with Crippen LogP contribution in [0, 0.1) is 11.3 Å². The molecule has 0 bridgehead atoms. The molecule has 116 valence electrons. The van der Waals surface area contributed by atoms with E-state index in [4.69, 9.17) is 0 Å². The largest absolute Gasteiger partial charge is 0.480 e. The number of rotatable bonds is 7. The van der Waals surface area contributed by atoms with Crippen molar-refractivity contribution in [1.29, 1.82) is 0 Å². The second-order valence-corrected chi connectivity index (χ2v) is 6.99. The van der Waals surface area contributed by atoms with Gasteiger partial charge in [-0.05, 0) is 45.2 Å². The van der Waals surface area contributed by atoms with Crippen molar-refractivity contribution in [2.24, 2.45) is 11.3 Å². The molecular formula is C14H27N3O3. The van der Waals surface area contributed by atoms with Crippen molar-refractivity contribution >= 4 is 12.0 Å². The number of nitrogens with zero attached hydrogens (tertiary/aromatic N) is 1. The molecule has 1 rings (SSSR count). The lowest BCUT2D eigenvalue weighted by Gasteiger charge is -2.30. The van der Waals surface area contributed by atoms with E-state index in [0.29, 0.717) is 6.54 Å². The van der Waals surface area contributed by atoms with Gasteiger partial charge in [-0.2, -0.15) is 0 Å². The van der Waals surface area contributed by atoms with Crippen LogP contribution in [0.2, 0.25) is 0 Å². The molecule has 0 aromatic rings. The van der Waals surface area contributed by atoms with Crippen molar-refractivity contribution in [3.05, 3.63) is 0 Å². The number of hydrogen-bond acceptors (Lipinski definition) is 3. The lowest BCUT2D eigenvalue weighted by atomic mass is 9.93. The van der Waals surface area contributed by atoms with Crippen molar-refractivity contribution in [2.45, 2.75) is 39.2 Å². The fourth-order valence-electron chi connectivity index (χ4n) is 2.50. The van der Waals surface area contributed by atoms with Gasteiger partial charge in [-0.1, -0.05) is 13.8 Å². The first-order valence-corrected chi connectivity index (χ1v) is 7.01. The summed E-state index contributed by atoms with van der Waals surface area (Å²) in [6, 6.07) is -0.409. The van der Waals surface area contributed by atoms with Gasteiger partial charge >= 0.3 is 12.0 Å². The summed E-state index contributed by atoms with van der Waals surface area (Å²) in [7, 11) is 3.97. The highest BCUT2D eigenvalue weighted by molar-refractivity contribution is 5.86. The molecular weight excluding hydrogens is 258 g/mol. The summed E-state index contributed by atoms with van der Waals surface area (Å²) < 4.78 is 0. The van der Waals surface area contributed by atoms with E-state index in [0.717, 1.165) is 19.4 Å². The van der Waals surface area contributed by atoms with Crippen LogP contribution >= 0.6 is 0 Å². The van der Waals surface area contributed by atoms with Crippen LogP contribution in [0.3, 0.4) is 0 Å². The molecule has 0 heterocycles. The highest BCUT2D eigenvalue weighted by atomic mass is 16.4. The zero-order valence-electron chi connectivity index (χ0n) is 13.1. The van der Waals surface area contributed by atoms with Crippen molar-refractivity contribution < 1.29 is 14.7 Å². The van der Waals surface area contributed by atoms with Gasteiger partial charge in [0.25, 0.3) is 0 Å². The number of carboxylic acid groups (broad SMARTS) is 1. The molecule has 1 aliphatic rings. The molecule has 0 aromatic carbocycles. The SMILES string of the molecule is CN(C)CC(C)(C)CNC(=O)NC(C)(C(=O)O)C1CC1. The Balaban J connectivity index is 2.49. The van der Waals surface area contributed by atoms with Gasteiger partial charge in [0.15, 0.2) is 0 Å². The van der Waals surface area contributed by atoms with Gasteiger partial charge in [0.1, 0.15) is 5.54 Å². The third-order valence-corrected chi connectivity index (χ3v) is 3.68. The number of nitrogens with one attached hydrogen (secondary N) is 2. The summed E-state index contributed by atoms with van der Waals surface area (Å²) in [6.45, 7) is 7.04. The van der Waals surface area contributed by atoms with E-state index in [1.54, 1.807) is 6.92 Å². The van der Waals surface area contributed by atoms with Crippen LogP contribution in [0.4, 0.5) is 4.79 Å².